The summed E-state index contributed by atoms with van der Waals surface area (Å²) in [5.41, 5.74) is 0. The maximum absolute atomic E-state index is 5.60. The summed E-state index contributed by atoms with van der Waals surface area (Å²) in [6.45, 7) is 13.2. The van der Waals surface area contributed by atoms with Crippen molar-refractivity contribution in [1.82, 2.24) is 0 Å². The number of ether oxygens (including phenoxy) is 13. The third-order valence-electron chi connectivity index (χ3n) is 5.61. The molecule has 0 aromatic heterocycles. The Labute approximate surface area is 266 Å². The highest BCUT2D eigenvalue weighted by molar-refractivity contribution is 9.09. The number of hydrogen-bond donors (Lipinski definition) is 0. The molecule has 0 spiro atoms. The molecule has 1 heterocycles. The molecule has 0 saturated carbocycles. The summed E-state index contributed by atoms with van der Waals surface area (Å²) in [6.07, 6.45) is 3.20. The smallest absolute Gasteiger partial charge is 0.157 e. The fourth-order valence-electron chi connectivity index (χ4n) is 3.44. The van der Waals surface area contributed by atoms with Crippen LogP contribution in [-0.4, -0.2) is 170 Å². The molecule has 13 nitrogen and oxygen atoms in total. The van der Waals surface area contributed by atoms with E-state index in [1.54, 1.807) is 0 Å². The predicted octanol–water partition coefficient (Wildman–Crippen LogP) is 2.11. The Morgan fingerprint density at radius 3 is 0.907 bits per heavy atom. The van der Waals surface area contributed by atoms with Crippen LogP contribution in [0.2, 0.25) is 0 Å². The van der Waals surface area contributed by atoms with Crippen LogP contribution < -0.4 is 0 Å². The first-order chi connectivity index (χ1) is 21.4. The van der Waals surface area contributed by atoms with Gasteiger partial charge in [-0.05, 0) is 19.3 Å². The van der Waals surface area contributed by atoms with Gasteiger partial charge in [0.1, 0.15) is 0 Å². The van der Waals surface area contributed by atoms with Crippen LogP contribution >= 0.6 is 15.9 Å². The SMILES string of the molecule is BrCCOCCOCCOCCOCCOCCOCCOCCOCCOCCOCCOCCOC1CCCCO1. The van der Waals surface area contributed by atoms with Crippen molar-refractivity contribution in [3.05, 3.63) is 0 Å². The molecule has 0 aromatic carbocycles. The van der Waals surface area contributed by atoms with E-state index in [0.29, 0.717) is 152 Å². The summed E-state index contributed by atoms with van der Waals surface area (Å²) in [7, 11) is 0. The van der Waals surface area contributed by atoms with E-state index < -0.39 is 0 Å². The Bertz CT molecular complexity index is 519. The van der Waals surface area contributed by atoms with Crippen molar-refractivity contribution in [1.29, 1.82) is 0 Å². The molecule has 258 valence electrons. The van der Waals surface area contributed by atoms with Crippen molar-refractivity contribution in [2.75, 3.05) is 164 Å². The van der Waals surface area contributed by atoms with Crippen molar-refractivity contribution in [2.24, 2.45) is 0 Å². The van der Waals surface area contributed by atoms with E-state index in [2.05, 4.69) is 15.9 Å². The maximum Gasteiger partial charge on any atom is 0.157 e. The van der Waals surface area contributed by atoms with Gasteiger partial charge in [-0.15, -0.1) is 0 Å². The number of hydrogen-bond acceptors (Lipinski definition) is 13. The molecule has 1 atom stereocenters. The number of halogens is 1. The lowest BCUT2D eigenvalue weighted by molar-refractivity contribution is -0.169. The van der Waals surface area contributed by atoms with E-state index in [1.807, 2.05) is 0 Å². The molecule has 43 heavy (non-hydrogen) atoms. The highest BCUT2D eigenvalue weighted by atomic mass is 79.9. The third-order valence-corrected chi connectivity index (χ3v) is 5.93. The zero-order chi connectivity index (χ0) is 30.6. The highest BCUT2D eigenvalue weighted by Gasteiger charge is 2.13. The minimum absolute atomic E-state index is 0.0641. The minimum atomic E-state index is -0.0641. The molecule has 1 aliphatic rings. The fraction of sp³-hybridized carbons (Fsp3) is 1.00. The first kappa shape index (κ1) is 41.0. The van der Waals surface area contributed by atoms with Crippen molar-refractivity contribution >= 4 is 15.9 Å². The van der Waals surface area contributed by atoms with E-state index >= 15 is 0 Å². The van der Waals surface area contributed by atoms with Gasteiger partial charge in [0, 0.05) is 11.9 Å². The van der Waals surface area contributed by atoms with E-state index in [4.69, 9.17) is 61.6 Å². The van der Waals surface area contributed by atoms with Gasteiger partial charge in [0.15, 0.2) is 6.29 Å². The summed E-state index contributed by atoms with van der Waals surface area (Å²) in [4.78, 5) is 0. The summed E-state index contributed by atoms with van der Waals surface area (Å²) in [6, 6.07) is 0. The minimum Gasteiger partial charge on any atom is -0.378 e. The second-order valence-corrected chi connectivity index (χ2v) is 9.88. The molecular formula is C29H57BrO13. The van der Waals surface area contributed by atoms with Gasteiger partial charge in [-0.3, -0.25) is 0 Å². The molecule has 0 aliphatic carbocycles. The first-order valence-corrected chi connectivity index (χ1v) is 16.7. The summed E-state index contributed by atoms with van der Waals surface area (Å²) < 4.78 is 71.0. The Morgan fingerprint density at radius 2 is 0.651 bits per heavy atom. The van der Waals surface area contributed by atoms with Gasteiger partial charge in [0.05, 0.1) is 152 Å². The van der Waals surface area contributed by atoms with Gasteiger partial charge in [0.2, 0.25) is 0 Å². The highest BCUT2D eigenvalue weighted by Crippen LogP contribution is 2.13. The summed E-state index contributed by atoms with van der Waals surface area (Å²) in [5, 5.41) is 0.838. The van der Waals surface area contributed by atoms with Crippen LogP contribution in [-0.2, 0) is 61.6 Å². The molecule has 0 radical (unpaired) electrons. The summed E-state index contributed by atoms with van der Waals surface area (Å²) in [5.74, 6) is 0. The van der Waals surface area contributed by atoms with E-state index in [0.717, 1.165) is 24.8 Å². The standard InChI is InChI=1S/C29H57BrO13/c30-4-6-31-7-8-32-9-10-33-11-12-34-13-14-35-15-16-36-17-18-37-19-20-38-21-22-39-23-24-40-25-26-41-27-28-43-29-3-1-2-5-42-29/h29H,1-28H2. The lowest BCUT2D eigenvalue weighted by Crippen LogP contribution is -2.24. The fourth-order valence-corrected chi connectivity index (χ4v) is 3.67. The van der Waals surface area contributed by atoms with E-state index in [9.17, 15) is 0 Å². The second kappa shape index (κ2) is 36.4. The Morgan fingerprint density at radius 1 is 0.372 bits per heavy atom. The lowest BCUT2D eigenvalue weighted by Gasteiger charge is -2.22. The van der Waals surface area contributed by atoms with Gasteiger partial charge in [-0.1, -0.05) is 15.9 Å². The molecule has 14 heteroatoms. The molecule has 1 unspecified atom stereocenters. The zero-order valence-corrected chi connectivity index (χ0v) is 27.6. The second-order valence-electron chi connectivity index (χ2n) is 9.09. The quantitative estimate of drug-likeness (QED) is 0.0705. The van der Waals surface area contributed by atoms with Gasteiger partial charge < -0.3 is 61.6 Å². The number of rotatable bonds is 36. The van der Waals surface area contributed by atoms with Crippen LogP contribution in [0.4, 0.5) is 0 Å². The molecule has 0 N–H and O–H groups in total. The van der Waals surface area contributed by atoms with Crippen LogP contribution in [0.15, 0.2) is 0 Å². The topological polar surface area (TPSA) is 120 Å². The number of alkyl halides is 1. The largest absolute Gasteiger partial charge is 0.378 e. The van der Waals surface area contributed by atoms with E-state index in [-0.39, 0.29) is 6.29 Å². The Kier molecular flexibility index (Phi) is 34.7. The monoisotopic (exact) mass is 692 g/mol. The van der Waals surface area contributed by atoms with Crippen LogP contribution in [0.1, 0.15) is 19.3 Å². The van der Waals surface area contributed by atoms with Crippen LogP contribution in [0, 0.1) is 0 Å². The average molecular weight is 694 g/mol. The molecule has 1 rings (SSSR count). The third kappa shape index (κ3) is 33.1. The van der Waals surface area contributed by atoms with Crippen LogP contribution in [0.3, 0.4) is 0 Å². The maximum atomic E-state index is 5.60. The van der Waals surface area contributed by atoms with Crippen molar-refractivity contribution in [3.8, 4) is 0 Å². The van der Waals surface area contributed by atoms with Crippen molar-refractivity contribution in [3.63, 3.8) is 0 Å². The van der Waals surface area contributed by atoms with Crippen molar-refractivity contribution in [2.45, 2.75) is 25.6 Å². The van der Waals surface area contributed by atoms with Gasteiger partial charge in [-0.2, -0.15) is 0 Å². The Hall–Kier alpha value is -0.0400. The summed E-state index contributed by atoms with van der Waals surface area (Å²) >= 11 is 3.30. The van der Waals surface area contributed by atoms with E-state index in [1.165, 1.54) is 6.42 Å². The predicted molar refractivity (Wildman–Crippen MR) is 162 cm³/mol. The van der Waals surface area contributed by atoms with Gasteiger partial charge in [0.25, 0.3) is 0 Å². The first-order valence-electron chi connectivity index (χ1n) is 15.6. The molecule has 0 aromatic rings. The van der Waals surface area contributed by atoms with Gasteiger partial charge >= 0.3 is 0 Å². The zero-order valence-electron chi connectivity index (χ0n) is 26.1. The van der Waals surface area contributed by atoms with Gasteiger partial charge in [-0.25, -0.2) is 0 Å². The molecule has 1 fully saturated rings. The molecule has 0 bridgehead atoms. The van der Waals surface area contributed by atoms with Crippen molar-refractivity contribution < 1.29 is 61.6 Å². The molecular weight excluding hydrogens is 636 g/mol. The molecule has 1 saturated heterocycles. The molecule has 1 aliphatic heterocycles. The molecule has 0 amide bonds. The Balaban J connectivity index is 1.60. The lowest BCUT2D eigenvalue weighted by atomic mass is 10.2. The average Bonchev–Trinajstić information content (AvgIpc) is 3.03. The van der Waals surface area contributed by atoms with Crippen LogP contribution in [0.25, 0.3) is 0 Å². The normalized spacial score (nSPS) is 15.4. The van der Waals surface area contributed by atoms with Crippen LogP contribution in [0.5, 0.6) is 0 Å².